The summed E-state index contributed by atoms with van der Waals surface area (Å²) in [5.41, 5.74) is 7.49. The van der Waals surface area contributed by atoms with Crippen molar-refractivity contribution in [3.63, 3.8) is 0 Å². The van der Waals surface area contributed by atoms with E-state index in [0.29, 0.717) is 13.2 Å². The van der Waals surface area contributed by atoms with Crippen LogP contribution in [0.2, 0.25) is 0 Å². The van der Waals surface area contributed by atoms with Crippen molar-refractivity contribution < 1.29 is 9.47 Å². The molecule has 106 valence electrons. The molecule has 2 N–H and O–H groups in total. The lowest BCUT2D eigenvalue weighted by Gasteiger charge is -2.41. The molecule has 0 saturated heterocycles. The molecule has 0 fully saturated rings. The molecule has 2 rings (SSSR count). The fourth-order valence-corrected chi connectivity index (χ4v) is 2.43. The van der Waals surface area contributed by atoms with Crippen molar-refractivity contribution in [2.24, 2.45) is 5.73 Å². The van der Waals surface area contributed by atoms with Gasteiger partial charge >= 0.3 is 0 Å². The highest BCUT2D eigenvalue weighted by atomic mass is 16.6. The van der Waals surface area contributed by atoms with E-state index in [1.807, 2.05) is 18.2 Å². The lowest BCUT2D eigenvalue weighted by molar-refractivity contribution is 0.131. The topological polar surface area (TPSA) is 47.7 Å². The number of benzene rings is 1. The minimum atomic E-state index is -0.0796. The van der Waals surface area contributed by atoms with Gasteiger partial charge in [0.05, 0.1) is 0 Å². The van der Waals surface area contributed by atoms with Crippen molar-refractivity contribution >= 4 is 0 Å². The van der Waals surface area contributed by atoms with Gasteiger partial charge in [0.1, 0.15) is 13.2 Å². The number of hydrogen-bond donors (Lipinski definition) is 1. The molecule has 0 spiro atoms. The fourth-order valence-electron chi connectivity index (χ4n) is 2.43. The van der Waals surface area contributed by atoms with E-state index in [4.69, 9.17) is 15.2 Å². The van der Waals surface area contributed by atoms with Gasteiger partial charge in [-0.1, -0.05) is 13.0 Å². The van der Waals surface area contributed by atoms with Gasteiger partial charge < -0.3 is 20.1 Å². The maximum Gasteiger partial charge on any atom is 0.161 e. The van der Waals surface area contributed by atoms with Crippen LogP contribution < -0.4 is 15.2 Å². The predicted octanol–water partition coefficient (Wildman–Crippen LogP) is 2.19. The normalized spacial score (nSPS) is 19.1. The van der Waals surface area contributed by atoms with Crippen LogP contribution in [0.25, 0.3) is 0 Å². The summed E-state index contributed by atoms with van der Waals surface area (Å²) in [5, 5.41) is 0. The van der Waals surface area contributed by atoms with Crippen LogP contribution in [0.5, 0.6) is 11.5 Å². The first-order valence-electron chi connectivity index (χ1n) is 6.81. The summed E-state index contributed by atoms with van der Waals surface area (Å²) in [6.07, 6.45) is 0.982. The third-order valence-corrected chi connectivity index (χ3v) is 4.33. The van der Waals surface area contributed by atoms with Crippen molar-refractivity contribution in [2.45, 2.75) is 31.8 Å². The van der Waals surface area contributed by atoms with Crippen molar-refractivity contribution in [3.8, 4) is 11.5 Å². The number of nitrogens with two attached hydrogens (primary N) is 1. The van der Waals surface area contributed by atoms with E-state index in [9.17, 15) is 0 Å². The first-order chi connectivity index (χ1) is 8.99. The lowest BCUT2D eigenvalue weighted by atomic mass is 9.84. The molecule has 0 radical (unpaired) electrons. The van der Waals surface area contributed by atoms with Crippen LogP contribution in [0.3, 0.4) is 0 Å². The van der Waals surface area contributed by atoms with Crippen LogP contribution in [0.4, 0.5) is 0 Å². The average Bonchev–Trinajstić information content (AvgIpc) is 2.44. The molecule has 19 heavy (non-hydrogen) atoms. The Labute approximate surface area is 115 Å². The maximum absolute atomic E-state index is 6.48. The third kappa shape index (κ3) is 2.55. The summed E-state index contributed by atoms with van der Waals surface area (Å²) in [7, 11) is 4.14. The molecule has 2 atom stereocenters. The fraction of sp³-hybridized carbons (Fsp3) is 0.600. The number of nitrogens with zero attached hydrogens (tertiary/aromatic N) is 1. The van der Waals surface area contributed by atoms with E-state index in [2.05, 4.69) is 32.8 Å². The molecular formula is C15H24N2O2. The lowest BCUT2D eigenvalue weighted by Crippen LogP contribution is -2.49. The zero-order valence-electron chi connectivity index (χ0n) is 12.3. The van der Waals surface area contributed by atoms with Crippen LogP contribution in [0.1, 0.15) is 31.9 Å². The summed E-state index contributed by atoms with van der Waals surface area (Å²) < 4.78 is 11.2. The molecule has 1 aliphatic heterocycles. The quantitative estimate of drug-likeness (QED) is 0.905. The smallest absolute Gasteiger partial charge is 0.161 e. The zero-order valence-corrected chi connectivity index (χ0v) is 12.3. The number of rotatable bonds is 4. The highest BCUT2D eigenvalue weighted by molar-refractivity contribution is 5.45. The van der Waals surface area contributed by atoms with Crippen LogP contribution >= 0.6 is 0 Å². The van der Waals surface area contributed by atoms with Crippen LogP contribution in [0, 0.1) is 0 Å². The summed E-state index contributed by atoms with van der Waals surface area (Å²) in [5.74, 6) is 1.61. The first-order valence-corrected chi connectivity index (χ1v) is 6.81. The Hall–Kier alpha value is -1.26. The van der Waals surface area contributed by atoms with Crippen molar-refractivity contribution in [1.82, 2.24) is 4.90 Å². The Balaban J connectivity index is 2.31. The second kappa shape index (κ2) is 5.39. The summed E-state index contributed by atoms with van der Waals surface area (Å²) in [6.45, 7) is 5.57. The van der Waals surface area contributed by atoms with E-state index >= 15 is 0 Å². The van der Waals surface area contributed by atoms with Crippen LogP contribution in [0.15, 0.2) is 18.2 Å². The minimum Gasteiger partial charge on any atom is -0.486 e. The van der Waals surface area contributed by atoms with Crippen molar-refractivity contribution in [2.75, 3.05) is 27.3 Å². The van der Waals surface area contributed by atoms with Gasteiger partial charge in [-0.2, -0.15) is 0 Å². The van der Waals surface area contributed by atoms with Gasteiger partial charge in [-0.25, -0.2) is 0 Å². The highest BCUT2D eigenvalue weighted by Gasteiger charge is 2.33. The van der Waals surface area contributed by atoms with Gasteiger partial charge in [-0.15, -0.1) is 0 Å². The molecule has 1 aromatic carbocycles. The molecule has 0 aliphatic carbocycles. The molecule has 1 aromatic rings. The summed E-state index contributed by atoms with van der Waals surface area (Å²) in [4.78, 5) is 2.19. The minimum absolute atomic E-state index is 0.0664. The Morgan fingerprint density at radius 2 is 1.89 bits per heavy atom. The monoisotopic (exact) mass is 264 g/mol. The van der Waals surface area contributed by atoms with Gasteiger partial charge in [-0.05, 0) is 45.1 Å². The Morgan fingerprint density at radius 1 is 1.26 bits per heavy atom. The zero-order chi connectivity index (χ0) is 14.0. The molecule has 4 nitrogen and oxygen atoms in total. The SMILES string of the molecule is CCC(C)(C(N)c1ccc2c(c1)OCCO2)N(C)C. The van der Waals surface area contributed by atoms with Gasteiger partial charge in [0, 0.05) is 11.6 Å². The van der Waals surface area contributed by atoms with Crippen molar-refractivity contribution in [1.29, 1.82) is 0 Å². The first kappa shape index (κ1) is 14.2. The molecule has 2 unspecified atom stereocenters. The molecule has 4 heteroatoms. The van der Waals surface area contributed by atoms with Crippen LogP contribution in [-0.2, 0) is 0 Å². The maximum atomic E-state index is 6.48. The van der Waals surface area contributed by atoms with E-state index in [1.54, 1.807) is 0 Å². The Bertz CT molecular complexity index is 448. The molecule has 0 aromatic heterocycles. The van der Waals surface area contributed by atoms with Gasteiger partial charge in [0.2, 0.25) is 0 Å². The van der Waals surface area contributed by atoms with Gasteiger partial charge in [0.25, 0.3) is 0 Å². The largest absolute Gasteiger partial charge is 0.486 e. The number of likely N-dealkylation sites (N-methyl/N-ethyl adjacent to an activating group) is 1. The Kier molecular flexibility index (Phi) is 4.02. The molecule has 0 bridgehead atoms. The van der Waals surface area contributed by atoms with Crippen LogP contribution in [-0.4, -0.2) is 37.7 Å². The standard InChI is InChI=1S/C15H24N2O2/c1-5-15(2,17(3)4)14(16)11-6-7-12-13(10-11)19-9-8-18-12/h6-7,10,14H,5,8-9,16H2,1-4H3. The van der Waals surface area contributed by atoms with Gasteiger partial charge in [0.15, 0.2) is 11.5 Å². The number of fused-ring (bicyclic) bond motifs is 1. The molecule has 1 heterocycles. The predicted molar refractivity (Wildman–Crippen MR) is 76.7 cm³/mol. The molecular weight excluding hydrogens is 240 g/mol. The van der Waals surface area contributed by atoms with E-state index in [-0.39, 0.29) is 11.6 Å². The van der Waals surface area contributed by atoms with Gasteiger partial charge in [-0.3, -0.25) is 0 Å². The second-order valence-corrected chi connectivity index (χ2v) is 5.49. The number of ether oxygens (including phenoxy) is 2. The second-order valence-electron chi connectivity index (χ2n) is 5.49. The number of hydrogen-bond acceptors (Lipinski definition) is 4. The summed E-state index contributed by atoms with van der Waals surface area (Å²) >= 11 is 0. The van der Waals surface area contributed by atoms with Crippen molar-refractivity contribution in [3.05, 3.63) is 23.8 Å². The van der Waals surface area contributed by atoms with E-state index in [1.165, 1.54) is 0 Å². The summed E-state index contributed by atoms with van der Waals surface area (Å²) in [6, 6.07) is 5.94. The molecule has 0 saturated carbocycles. The third-order valence-electron chi connectivity index (χ3n) is 4.33. The average molecular weight is 264 g/mol. The highest BCUT2D eigenvalue weighted by Crippen LogP contribution is 2.36. The van der Waals surface area contributed by atoms with E-state index < -0.39 is 0 Å². The van der Waals surface area contributed by atoms with E-state index in [0.717, 1.165) is 23.5 Å². The molecule has 0 amide bonds. The Morgan fingerprint density at radius 3 is 2.47 bits per heavy atom. The molecule has 1 aliphatic rings.